The van der Waals surface area contributed by atoms with Crippen LogP contribution in [0.25, 0.3) is 0 Å². The van der Waals surface area contributed by atoms with Crippen molar-refractivity contribution in [2.24, 2.45) is 0 Å². The molecule has 2 unspecified atom stereocenters. The van der Waals surface area contributed by atoms with E-state index in [1.165, 1.54) is 18.4 Å². The molecule has 2 aromatic rings. The van der Waals surface area contributed by atoms with Gasteiger partial charge in [0.05, 0.1) is 18.9 Å². The monoisotopic (exact) mass is 388 g/mol. The Morgan fingerprint density at radius 3 is 2.56 bits per heavy atom. The first-order valence-electron chi connectivity index (χ1n) is 10.1. The molecule has 0 spiro atoms. The fourth-order valence-electron chi connectivity index (χ4n) is 4.60. The van der Waals surface area contributed by atoms with E-state index in [4.69, 9.17) is 20.8 Å². The maximum Gasteiger partial charge on any atom is 0.197 e. The Kier molecular flexibility index (Phi) is 5.86. The summed E-state index contributed by atoms with van der Waals surface area (Å²) in [7, 11) is 0. The smallest absolute Gasteiger partial charge is 0.197 e. The number of oxazole rings is 1. The van der Waals surface area contributed by atoms with Crippen LogP contribution < -0.4 is 0 Å². The van der Waals surface area contributed by atoms with E-state index in [-0.39, 0.29) is 0 Å². The third-order valence-electron chi connectivity index (χ3n) is 6.05. The van der Waals surface area contributed by atoms with Gasteiger partial charge in [-0.05, 0) is 63.6 Å². The average Bonchev–Trinajstić information content (AvgIpc) is 3.11. The van der Waals surface area contributed by atoms with E-state index in [1.54, 1.807) is 0 Å². The fourth-order valence-corrected chi connectivity index (χ4v) is 4.73. The summed E-state index contributed by atoms with van der Waals surface area (Å²) in [5, 5.41) is 0.796. The van der Waals surface area contributed by atoms with Crippen molar-refractivity contribution in [1.82, 2.24) is 9.88 Å². The first-order chi connectivity index (χ1) is 13.1. The number of morpholine rings is 1. The van der Waals surface area contributed by atoms with E-state index in [0.717, 1.165) is 49.1 Å². The number of aromatic nitrogens is 1. The second-order valence-electron chi connectivity index (χ2n) is 8.14. The van der Waals surface area contributed by atoms with E-state index < -0.39 is 0 Å². The van der Waals surface area contributed by atoms with Crippen LogP contribution in [0.15, 0.2) is 34.9 Å². The van der Waals surface area contributed by atoms with Gasteiger partial charge in [0.1, 0.15) is 5.76 Å². The molecule has 2 aliphatic rings. The molecule has 0 amide bonds. The van der Waals surface area contributed by atoms with E-state index in [9.17, 15) is 0 Å². The second kappa shape index (κ2) is 8.34. The van der Waals surface area contributed by atoms with Gasteiger partial charge in [0, 0.05) is 29.6 Å². The predicted octanol–water partition coefficient (Wildman–Crippen LogP) is 4.99. The highest BCUT2D eigenvalue weighted by Crippen LogP contribution is 2.36. The van der Waals surface area contributed by atoms with Crippen molar-refractivity contribution >= 4 is 11.6 Å². The van der Waals surface area contributed by atoms with Crippen LogP contribution in [-0.2, 0) is 11.2 Å². The molecular formula is C22H29ClN2O2. The molecule has 1 aliphatic carbocycles. The molecule has 27 heavy (non-hydrogen) atoms. The summed E-state index contributed by atoms with van der Waals surface area (Å²) in [5.74, 6) is 2.32. The van der Waals surface area contributed by atoms with Gasteiger partial charge in [-0.2, -0.15) is 0 Å². The van der Waals surface area contributed by atoms with Crippen molar-refractivity contribution in [3.05, 3.63) is 52.7 Å². The highest BCUT2D eigenvalue weighted by Gasteiger charge is 2.35. The molecule has 2 atom stereocenters. The third kappa shape index (κ3) is 4.56. The largest absolute Gasteiger partial charge is 0.446 e. The normalized spacial score (nSPS) is 29.7. The molecule has 1 aliphatic heterocycles. The summed E-state index contributed by atoms with van der Waals surface area (Å²) in [5.41, 5.74) is 1.33. The Labute approximate surface area is 166 Å². The van der Waals surface area contributed by atoms with E-state index in [1.807, 2.05) is 25.3 Å². The van der Waals surface area contributed by atoms with Crippen molar-refractivity contribution in [3.8, 4) is 0 Å². The van der Waals surface area contributed by atoms with Gasteiger partial charge in [0.15, 0.2) is 5.89 Å². The predicted molar refractivity (Wildman–Crippen MR) is 107 cm³/mol. The topological polar surface area (TPSA) is 38.5 Å². The van der Waals surface area contributed by atoms with E-state index >= 15 is 0 Å². The summed E-state index contributed by atoms with van der Waals surface area (Å²) in [6.07, 6.45) is 7.88. The lowest BCUT2D eigenvalue weighted by atomic mass is 9.84. The zero-order chi connectivity index (χ0) is 18.8. The van der Waals surface area contributed by atoms with Crippen molar-refractivity contribution in [2.75, 3.05) is 13.2 Å². The summed E-state index contributed by atoms with van der Waals surface area (Å²) in [6, 6.07) is 9.31. The molecule has 4 rings (SSSR count). The Bertz CT molecular complexity index is 737. The number of rotatable bonds is 4. The number of ether oxygens (including phenoxy) is 1. The molecule has 0 bridgehead atoms. The lowest BCUT2D eigenvalue weighted by Crippen LogP contribution is -2.54. The highest BCUT2D eigenvalue weighted by atomic mass is 35.5. The maximum atomic E-state index is 6.04. The van der Waals surface area contributed by atoms with Gasteiger partial charge in [0.25, 0.3) is 0 Å². The van der Waals surface area contributed by atoms with Crippen LogP contribution in [0.1, 0.15) is 55.7 Å². The van der Waals surface area contributed by atoms with Crippen molar-refractivity contribution in [3.63, 3.8) is 0 Å². The van der Waals surface area contributed by atoms with Crippen molar-refractivity contribution in [1.29, 1.82) is 0 Å². The first-order valence-corrected chi connectivity index (χ1v) is 10.5. The summed E-state index contributed by atoms with van der Waals surface area (Å²) in [6.45, 7) is 5.99. The number of aryl methyl sites for hydroxylation is 1. The molecular weight excluding hydrogens is 360 g/mol. The number of benzene rings is 1. The standard InChI is InChI=1S/C22H29ClN2O2/c1-15-12-24-22(27-15)18-5-9-20(10-6-18)25-13-16(2)26-14-21(25)11-17-3-7-19(23)8-4-17/h3-4,7-8,12,16,18,20-21H,5-6,9-11,13-14H2,1-2H3. The van der Waals surface area contributed by atoms with Crippen LogP contribution in [0, 0.1) is 6.92 Å². The Morgan fingerprint density at radius 1 is 1.15 bits per heavy atom. The van der Waals surface area contributed by atoms with Crippen LogP contribution in [0.5, 0.6) is 0 Å². The molecule has 1 saturated heterocycles. The van der Waals surface area contributed by atoms with Crippen LogP contribution in [0.4, 0.5) is 0 Å². The van der Waals surface area contributed by atoms with Crippen LogP contribution >= 0.6 is 11.6 Å². The molecule has 5 heteroatoms. The van der Waals surface area contributed by atoms with Crippen LogP contribution in [-0.4, -0.2) is 41.2 Å². The quantitative estimate of drug-likeness (QED) is 0.739. The summed E-state index contributed by atoms with van der Waals surface area (Å²) < 4.78 is 11.8. The molecule has 1 aromatic carbocycles. The number of nitrogens with zero attached hydrogens (tertiary/aromatic N) is 2. The molecule has 1 saturated carbocycles. The highest BCUT2D eigenvalue weighted by molar-refractivity contribution is 6.30. The van der Waals surface area contributed by atoms with Crippen molar-refractivity contribution < 1.29 is 9.15 Å². The molecule has 2 fully saturated rings. The fraction of sp³-hybridized carbons (Fsp3) is 0.591. The number of halogens is 1. The van der Waals surface area contributed by atoms with Gasteiger partial charge < -0.3 is 9.15 Å². The van der Waals surface area contributed by atoms with Gasteiger partial charge in [-0.25, -0.2) is 4.98 Å². The Morgan fingerprint density at radius 2 is 1.89 bits per heavy atom. The second-order valence-corrected chi connectivity index (χ2v) is 8.58. The molecule has 2 heterocycles. The summed E-state index contributed by atoms with van der Waals surface area (Å²) >= 11 is 6.04. The van der Waals surface area contributed by atoms with E-state index in [2.05, 4.69) is 28.9 Å². The minimum atomic E-state index is 0.304. The zero-order valence-corrected chi connectivity index (χ0v) is 17.0. The SMILES string of the molecule is Cc1cnc(C2CCC(N3CC(C)OCC3Cc3ccc(Cl)cc3)CC2)o1. The number of hydrogen-bond donors (Lipinski definition) is 0. The Balaban J connectivity index is 1.41. The minimum Gasteiger partial charge on any atom is -0.446 e. The molecule has 0 radical (unpaired) electrons. The van der Waals surface area contributed by atoms with Gasteiger partial charge in [0.2, 0.25) is 0 Å². The van der Waals surface area contributed by atoms with Crippen LogP contribution in [0.3, 0.4) is 0 Å². The first kappa shape index (κ1) is 19.0. The summed E-state index contributed by atoms with van der Waals surface area (Å²) in [4.78, 5) is 7.16. The minimum absolute atomic E-state index is 0.304. The average molecular weight is 389 g/mol. The van der Waals surface area contributed by atoms with E-state index in [0.29, 0.717) is 24.1 Å². The zero-order valence-electron chi connectivity index (χ0n) is 16.2. The molecule has 4 nitrogen and oxygen atoms in total. The van der Waals surface area contributed by atoms with Crippen molar-refractivity contribution in [2.45, 2.75) is 70.1 Å². The lowest BCUT2D eigenvalue weighted by Gasteiger charge is -2.45. The van der Waals surface area contributed by atoms with Gasteiger partial charge in [-0.3, -0.25) is 4.90 Å². The third-order valence-corrected chi connectivity index (χ3v) is 6.30. The molecule has 0 N–H and O–H groups in total. The Hall–Kier alpha value is -1.36. The molecule has 1 aromatic heterocycles. The molecule has 146 valence electrons. The van der Waals surface area contributed by atoms with Gasteiger partial charge >= 0.3 is 0 Å². The lowest BCUT2D eigenvalue weighted by molar-refractivity contribution is -0.0771. The van der Waals surface area contributed by atoms with Gasteiger partial charge in [-0.1, -0.05) is 23.7 Å². The number of hydrogen-bond acceptors (Lipinski definition) is 4. The maximum absolute atomic E-state index is 6.04. The van der Waals surface area contributed by atoms with Gasteiger partial charge in [-0.15, -0.1) is 0 Å². The van der Waals surface area contributed by atoms with Crippen LogP contribution in [0.2, 0.25) is 5.02 Å².